The van der Waals surface area contributed by atoms with Crippen LogP contribution < -0.4 is 0 Å². The maximum atomic E-state index is 11.1. The molecule has 0 N–H and O–H groups in total. The number of aryl methyl sites for hydroxylation is 1. The highest BCUT2D eigenvalue weighted by Gasteiger charge is 2.18. The fourth-order valence-electron chi connectivity index (χ4n) is 1.20. The average Bonchev–Trinajstić information content (AvgIpc) is 2.57. The summed E-state index contributed by atoms with van der Waals surface area (Å²) in [7, 11) is 0. The second kappa shape index (κ2) is 3.34. The molecule has 0 aromatic carbocycles. The summed E-state index contributed by atoms with van der Waals surface area (Å²) in [6.07, 6.45) is 0.950. The maximum absolute atomic E-state index is 11.1. The summed E-state index contributed by atoms with van der Waals surface area (Å²) >= 11 is 0. The van der Waals surface area contributed by atoms with Crippen LogP contribution in [-0.4, -0.2) is 10.9 Å². The normalized spacial score (nSPS) is 12.6. The van der Waals surface area contributed by atoms with Gasteiger partial charge in [0, 0.05) is 18.5 Å². The van der Waals surface area contributed by atoms with E-state index in [1.165, 1.54) is 0 Å². The summed E-state index contributed by atoms with van der Waals surface area (Å²) in [5, 5.41) is 15.4. The number of hydrogen-bond donors (Lipinski definition) is 0. The van der Waals surface area contributed by atoms with E-state index >= 15 is 0 Å². The molecule has 14 heavy (non-hydrogen) atoms. The van der Waals surface area contributed by atoms with E-state index in [1.54, 1.807) is 12.1 Å². The second-order valence-corrected chi connectivity index (χ2v) is 2.83. The smallest absolute Gasteiger partial charge is 0.263 e. The Labute approximate surface area is 80.1 Å². The van der Waals surface area contributed by atoms with Crippen molar-refractivity contribution in [3.63, 3.8) is 0 Å². The van der Waals surface area contributed by atoms with Crippen molar-refractivity contribution < 1.29 is 4.79 Å². The first kappa shape index (κ1) is 8.51. The first-order valence-corrected chi connectivity index (χ1v) is 4.14. The summed E-state index contributed by atoms with van der Waals surface area (Å²) in [6, 6.07) is 5.48. The average molecular weight is 186 g/mol. The van der Waals surface area contributed by atoms with Crippen molar-refractivity contribution >= 4 is 11.6 Å². The van der Waals surface area contributed by atoms with Crippen LogP contribution in [0, 0.1) is 11.3 Å². The number of aromatic nitrogens is 1. The quantitative estimate of drug-likeness (QED) is 0.706. The molecular formula is C9H6N4O. The van der Waals surface area contributed by atoms with Gasteiger partial charge in [-0.15, -0.1) is 10.2 Å². The van der Waals surface area contributed by atoms with Crippen LogP contribution in [0.2, 0.25) is 0 Å². The largest absolute Gasteiger partial charge is 0.316 e. The predicted molar refractivity (Wildman–Crippen MR) is 47.0 cm³/mol. The Morgan fingerprint density at radius 2 is 2.21 bits per heavy atom. The molecular weight excluding hydrogens is 180 g/mol. The predicted octanol–water partition coefficient (Wildman–Crippen LogP) is 1.78. The molecule has 0 spiro atoms. The van der Waals surface area contributed by atoms with Crippen LogP contribution in [0.25, 0.3) is 0 Å². The number of carbonyl (C=O) groups excluding carboxylic acids is 1. The highest BCUT2D eigenvalue weighted by Crippen LogP contribution is 2.24. The number of pyridine rings is 1. The van der Waals surface area contributed by atoms with Crippen molar-refractivity contribution in [1.29, 1.82) is 5.26 Å². The topological polar surface area (TPSA) is 78.5 Å². The molecule has 0 radical (unpaired) electrons. The van der Waals surface area contributed by atoms with Crippen LogP contribution in [-0.2, 0) is 6.42 Å². The van der Waals surface area contributed by atoms with Crippen LogP contribution in [0.3, 0.4) is 0 Å². The fourth-order valence-corrected chi connectivity index (χ4v) is 1.20. The molecule has 0 saturated carbocycles. The Morgan fingerprint density at radius 1 is 1.36 bits per heavy atom. The Bertz CT molecular complexity index is 458. The SMILES string of the molecule is N#CCCc1ccc2c(n1)C(=O)N=N2. The molecule has 0 atom stereocenters. The number of azo groups is 1. The Hall–Kier alpha value is -2.09. The van der Waals surface area contributed by atoms with Crippen molar-refractivity contribution in [1.82, 2.24) is 4.98 Å². The van der Waals surface area contributed by atoms with Gasteiger partial charge in [0.05, 0.1) is 6.07 Å². The van der Waals surface area contributed by atoms with Crippen LogP contribution >= 0.6 is 0 Å². The van der Waals surface area contributed by atoms with Gasteiger partial charge in [0.1, 0.15) is 5.69 Å². The third kappa shape index (κ3) is 1.38. The summed E-state index contributed by atoms with van der Waals surface area (Å²) in [6.45, 7) is 0. The van der Waals surface area contributed by atoms with Crippen LogP contribution in [0.1, 0.15) is 22.6 Å². The zero-order valence-corrected chi connectivity index (χ0v) is 7.27. The van der Waals surface area contributed by atoms with Crippen molar-refractivity contribution in [3.8, 4) is 6.07 Å². The molecule has 1 aliphatic rings. The van der Waals surface area contributed by atoms with E-state index in [9.17, 15) is 4.79 Å². The summed E-state index contributed by atoms with van der Waals surface area (Å²) in [5.41, 5.74) is 1.53. The van der Waals surface area contributed by atoms with Gasteiger partial charge in [-0.1, -0.05) is 0 Å². The van der Waals surface area contributed by atoms with E-state index < -0.39 is 5.91 Å². The van der Waals surface area contributed by atoms with Gasteiger partial charge in [-0.3, -0.25) is 4.79 Å². The third-order valence-electron chi connectivity index (χ3n) is 1.88. The van der Waals surface area contributed by atoms with Crippen LogP contribution in [0.5, 0.6) is 0 Å². The van der Waals surface area contributed by atoms with E-state index in [0.717, 1.165) is 5.69 Å². The summed E-state index contributed by atoms with van der Waals surface area (Å²) < 4.78 is 0. The number of rotatable bonds is 2. The van der Waals surface area contributed by atoms with Gasteiger partial charge in [0.15, 0.2) is 5.69 Å². The molecule has 0 aliphatic carbocycles. The molecule has 68 valence electrons. The van der Waals surface area contributed by atoms with Crippen LogP contribution in [0.15, 0.2) is 22.4 Å². The van der Waals surface area contributed by atoms with E-state index in [-0.39, 0.29) is 0 Å². The van der Waals surface area contributed by atoms with Crippen molar-refractivity contribution in [2.45, 2.75) is 12.8 Å². The number of amides is 1. The number of carbonyl (C=O) groups is 1. The minimum atomic E-state index is -0.404. The maximum Gasteiger partial charge on any atom is 0.316 e. The van der Waals surface area contributed by atoms with Crippen molar-refractivity contribution in [3.05, 3.63) is 23.5 Å². The molecule has 0 unspecified atom stereocenters. The van der Waals surface area contributed by atoms with Gasteiger partial charge in [-0.25, -0.2) is 4.98 Å². The van der Waals surface area contributed by atoms with Gasteiger partial charge in [-0.05, 0) is 12.1 Å². The number of nitriles is 1. The van der Waals surface area contributed by atoms with E-state index in [4.69, 9.17) is 5.26 Å². The second-order valence-electron chi connectivity index (χ2n) is 2.83. The zero-order valence-electron chi connectivity index (χ0n) is 7.27. The summed E-state index contributed by atoms with van der Waals surface area (Å²) in [4.78, 5) is 15.2. The standard InChI is InChI=1S/C9H6N4O/c10-5-1-2-6-3-4-7-8(11-6)9(14)13-12-7/h3-4H,1-2H2. The van der Waals surface area contributed by atoms with Gasteiger partial charge in [0.25, 0.3) is 0 Å². The lowest BCUT2D eigenvalue weighted by Gasteiger charge is -1.97. The molecule has 1 amide bonds. The lowest BCUT2D eigenvalue weighted by Crippen LogP contribution is -1.98. The molecule has 1 aromatic rings. The minimum Gasteiger partial charge on any atom is -0.263 e. The molecule has 2 heterocycles. The van der Waals surface area contributed by atoms with Gasteiger partial charge < -0.3 is 0 Å². The van der Waals surface area contributed by atoms with Crippen molar-refractivity contribution in [2.75, 3.05) is 0 Å². The molecule has 0 fully saturated rings. The van der Waals surface area contributed by atoms with Gasteiger partial charge in [0.2, 0.25) is 0 Å². The summed E-state index contributed by atoms with van der Waals surface area (Å²) in [5.74, 6) is -0.404. The monoisotopic (exact) mass is 186 g/mol. The van der Waals surface area contributed by atoms with E-state index in [1.807, 2.05) is 6.07 Å². The Balaban J connectivity index is 2.29. The Kier molecular flexibility index (Phi) is 2.03. The molecule has 2 rings (SSSR count). The zero-order chi connectivity index (χ0) is 9.97. The third-order valence-corrected chi connectivity index (χ3v) is 1.88. The van der Waals surface area contributed by atoms with Crippen LogP contribution in [0.4, 0.5) is 5.69 Å². The van der Waals surface area contributed by atoms with E-state index in [2.05, 4.69) is 15.2 Å². The number of fused-ring (bicyclic) bond motifs is 1. The van der Waals surface area contributed by atoms with E-state index in [0.29, 0.717) is 24.2 Å². The first-order valence-electron chi connectivity index (χ1n) is 4.14. The number of hydrogen-bond acceptors (Lipinski definition) is 4. The molecule has 1 aromatic heterocycles. The number of nitrogens with zero attached hydrogens (tertiary/aromatic N) is 4. The lowest BCUT2D eigenvalue weighted by atomic mass is 10.2. The fraction of sp³-hybridized carbons (Fsp3) is 0.222. The molecule has 0 saturated heterocycles. The minimum absolute atomic E-state index is 0.292. The Morgan fingerprint density at radius 3 is 3.00 bits per heavy atom. The van der Waals surface area contributed by atoms with Crippen molar-refractivity contribution in [2.24, 2.45) is 10.2 Å². The molecule has 5 nitrogen and oxygen atoms in total. The highest BCUT2D eigenvalue weighted by molar-refractivity contribution is 5.99. The first-order chi connectivity index (χ1) is 6.81. The van der Waals surface area contributed by atoms with Gasteiger partial charge >= 0.3 is 5.91 Å². The molecule has 5 heteroatoms. The highest BCUT2D eigenvalue weighted by atomic mass is 16.2. The molecule has 1 aliphatic heterocycles. The molecule has 0 bridgehead atoms. The lowest BCUT2D eigenvalue weighted by molar-refractivity contribution is 0.0998. The van der Waals surface area contributed by atoms with Gasteiger partial charge in [-0.2, -0.15) is 5.26 Å².